The van der Waals surface area contributed by atoms with E-state index >= 15 is 35.1 Å². The molecule has 0 bridgehead atoms. The summed E-state index contributed by atoms with van der Waals surface area (Å²) >= 11 is -2.07. The fraction of sp³-hybridized carbons (Fsp3) is 0.100. The number of hydrogen-bond donors (Lipinski definition) is 0. The van der Waals surface area contributed by atoms with E-state index in [9.17, 15) is 52.7 Å². The van der Waals surface area contributed by atoms with Crippen LogP contribution in [0.15, 0.2) is 60.7 Å². The van der Waals surface area contributed by atoms with Gasteiger partial charge in [0.2, 0.25) is 0 Å². The van der Waals surface area contributed by atoms with E-state index in [0.717, 1.165) is 3.92 Å². The van der Waals surface area contributed by atoms with Gasteiger partial charge in [0.05, 0.1) is 0 Å². The van der Waals surface area contributed by atoms with Crippen molar-refractivity contribution in [2.75, 3.05) is 4.93 Å². The molecule has 0 N–H and O–H groups in total. The van der Waals surface area contributed by atoms with Gasteiger partial charge in [-0.15, -0.1) is 21.9 Å². The maximum Gasteiger partial charge on any atom is 0.200 e. The molecule has 330 valence electrons. The van der Waals surface area contributed by atoms with Gasteiger partial charge >= 0.3 is 109 Å². The van der Waals surface area contributed by atoms with Crippen molar-refractivity contribution in [3.05, 3.63) is 184 Å². The molecular weight excluding hydrogens is 998 g/mol. The Balaban J connectivity index is 0.000000355. The molecule has 0 amide bonds. The predicted molar refractivity (Wildman–Crippen MR) is 181 cm³/mol. The molecule has 0 aliphatic heterocycles. The molecule has 0 radical (unpaired) electrons. The molecule has 0 unspecified atom stereocenters. The SMILES string of the molecule is CC(C)[I+](C)(c1ccccc1)c1ccccc1.Fc1c(F)c(F)c([B-](c2c(F)c(F)c(F)c(F)c2F)(c2c(F)c(F)c(F)c(F)c2F)c2c(F)c(F)c(F)c(F)c2F)c(F)c1F. The summed E-state index contributed by atoms with van der Waals surface area (Å²) in [6.07, 6.45) is -7.22. The molecule has 0 heterocycles. The Kier molecular flexibility index (Phi) is 13.5. The molecule has 0 saturated carbocycles. The molecular formula is C40H20BF20I. The smallest absolute Gasteiger partial charge is 0.200 e. The number of rotatable bonds is 7. The van der Waals surface area contributed by atoms with Crippen LogP contribution < -0.4 is 40.3 Å². The predicted octanol–water partition coefficient (Wildman–Crippen LogP) is 6.77. The Labute approximate surface area is 340 Å². The second-order valence-corrected chi connectivity index (χ2v) is 23.5. The van der Waals surface area contributed by atoms with E-state index < -0.39 is 163 Å². The summed E-state index contributed by atoms with van der Waals surface area (Å²) in [5.41, 5.74) is -14.3. The normalized spacial score (nSPS) is 12.2. The van der Waals surface area contributed by atoms with E-state index in [4.69, 9.17) is 0 Å². The van der Waals surface area contributed by atoms with E-state index in [-0.39, 0.29) is 0 Å². The molecule has 0 saturated heterocycles. The van der Waals surface area contributed by atoms with Crippen LogP contribution in [-0.4, -0.2) is 15.0 Å². The fourth-order valence-corrected chi connectivity index (χ4v) is 14.3. The minimum Gasteiger partial charge on any atom is -0.207 e. The second kappa shape index (κ2) is 17.5. The van der Waals surface area contributed by atoms with Crippen LogP contribution in [0.1, 0.15) is 13.8 Å². The van der Waals surface area contributed by atoms with E-state index in [2.05, 4.69) is 79.4 Å². The first-order chi connectivity index (χ1) is 28.9. The first-order valence-corrected chi connectivity index (χ1v) is 22.4. The zero-order chi connectivity index (χ0) is 46.7. The summed E-state index contributed by atoms with van der Waals surface area (Å²) in [6.45, 7) is 4.74. The molecule has 0 nitrogen and oxygen atoms in total. The molecule has 0 aliphatic carbocycles. The van der Waals surface area contributed by atoms with Crippen LogP contribution in [0, 0.1) is 123 Å². The molecule has 6 rings (SSSR count). The van der Waals surface area contributed by atoms with Gasteiger partial charge in [-0.1, -0.05) is 0 Å². The van der Waals surface area contributed by atoms with E-state index in [1.807, 2.05) is 0 Å². The van der Waals surface area contributed by atoms with Gasteiger partial charge in [0.15, 0.2) is 69.8 Å². The Morgan fingerprint density at radius 1 is 0.290 bits per heavy atom. The zero-order valence-electron chi connectivity index (χ0n) is 30.9. The number of halogens is 21. The van der Waals surface area contributed by atoms with E-state index in [0.29, 0.717) is 0 Å². The third kappa shape index (κ3) is 7.14. The Morgan fingerprint density at radius 2 is 0.452 bits per heavy atom. The minimum atomic E-state index is -7.22. The number of alkyl halides is 2. The molecule has 0 spiro atoms. The molecule has 0 aromatic heterocycles. The average Bonchev–Trinajstić information content (AvgIpc) is 3.26. The fourth-order valence-electron chi connectivity index (χ4n) is 6.86. The molecule has 62 heavy (non-hydrogen) atoms. The van der Waals surface area contributed by atoms with Crippen LogP contribution in [-0.2, 0) is 0 Å². The average molecular weight is 1020 g/mol. The molecule has 6 aromatic carbocycles. The van der Waals surface area contributed by atoms with Crippen molar-refractivity contribution >= 4 is 28.0 Å². The third-order valence-corrected chi connectivity index (χ3v) is 21.5. The maximum absolute atomic E-state index is 15.4. The Morgan fingerprint density at radius 3 is 0.613 bits per heavy atom. The van der Waals surface area contributed by atoms with Crippen LogP contribution in [0.2, 0.25) is 0 Å². The van der Waals surface area contributed by atoms with Gasteiger partial charge in [0.1, 0.15) is 52.7 Å². The first kappa shape index (κ1) is 47.8. The van der Waals surface area contributed by atoms with Crippen molar-refractivity contribution in [1.29, 1.82) is 0 Å². The van der Waals surface area contributed by atoms with Gasteiger partial charge in [-0.3, -0.25) is 0 Å². The topological polar surface area (TPSA) is 0 Å². The van der Waals surface area contributed by atoms with Gasteiger partial charge in [-0.25, -0.2) is 87.8 Å². The minimum absolute atomic E-state index is 0.742. The summed E-state index contributed by atoms with van der Waals surface area (Å²) in [6, 6.07) is 22.1. The molecule has 22 heteroatoms. The van der Waals surface area contributed by atoms with Crippen molar-refractivity contribution < 1.29 is 106 Å². The monoisotopic (exact) mass is 1020 g/mol. The summed E-state index contributed by atoms with van der Waals surface area (Å²) in [4.78, 5) is 2.52. The molecule has 0 fully saturated rings. The number of benzene rings is 6. The van der Waals surface area contributed by atoms with Gasteiger partial charge in [0.25, 0.3) is 0 Å². The number of hydrogen-bond acceptors (Lipinski definition) is 0. The maximum atomic E-state index is 15.4. The van der Waals surface area contributed by atoms with Crippen LogP contribution in [0.25, 0.3) is 0 Å². The first-order valence-electron chi connectivity index (χ1n) is 16.9. The summed E-state index contributed by atoms with van der Waals surface area (Å²) in [7, 11) is 0. The largest absolute Gasteiger partial charge is 0.207 e. The third-order valence-electron chi connectivity index (χ3n) is 9.95. The Hall–Kier alpha value is -5.29. The quantitative estimate of drug-likeness (QED) is 0.0414. The van der Waals surface area contributed by atoms with Crippen molar-refractivity contribution in [2.45, 2.75) is 17.8 Å². The molecule has 0 aliphatic rings. The molecule has 0 atom stereocenters. The van der Waals surface area contributed by atoms with E-state index in [1.165, 1.54) is 0 Å². The second-order valence-electron chi connectivity index (χ2n) is 13.3. The van der Waals surface area contributed by atoms with Crippen LogP contribution >= 0.6 is 0 Å². The standard InChI is InChI=1S/C24BF20.C16H20I/c26-5-1(6(27)14(35)21(42)13(5)34)25(2-7(28)15(36)22(43)16(37)8(2)29,3-9(30)17(38)23(44)18(39)10(3)31)4-11(32)19(40)24(45)20(41)12(4)33;1-14(2)17(3,15-10-6-4-7-11-15)16-12-8-5-9-13-16/h;4-14H,1-3H3/q-1;+1. The van der Waals surface area contributed by atoms with Crippen molar-refractivity contribution in [3.63, 3.8) is 0 Å². The zero-order valence-corrected chi connectivity index (χ0v) is 33.0. The summed E-state index contributed by atoms with van der Waals surface area (Å²) in [5.74, 6) is -71.4. The van der Waals surface area contributed by atoms with Gasteiger partial charge < -0.3 is 0 Å². The summed E-state index contributed by atoms with van der Waals surface area (Å²) in [5, 5.41) is 0. The van der Waals surface area contributed by atoms with Gasteiger partial charge in [-0.05, 0) is 0 Å². The van der Waals surface area contributed by atoms with Crippen LogP contribution in [0.4, 0.5) is 87.8 Å². The van der Waals surface area contributed by atoms with E-state index in [1.54, 1.807) is 7.14 Å². The van der Waals surface area contributed by atoms with Crippen LogP contribution in [0.3, 0.4) is 0 Å². The molecule has 6 aromatic rings. The van der Waals surface area contributed by atoms with Crippen LogP contribution in [0.5, 0.6) is 0 Å². The van der Waals surface area contributed by atoms with Gasteiger partial charge in [-0.2, -0.15) is 0 Å². The van der Waals surface area contributed by atoms with Crippen molar-refractivity contribution in [1.82, 2.24) is 0 Å². The summed E-state index contributed by atoms with van der Waals surface area (Å²) < 4.78 is 298. The Bertz CT molecular complexity index is 2310. The van der Waals surface area contributed by atoms with Crippen molar-refractivity contribution in [3.8, 4) is 0 Å². The van der Waals surface area contributed by atoms with Gasteiger partial charge in [0, 0.05) is 0 Å². The van der Waals surface area contributed by atoms with Crippen molar-refractivity contribution in [2.24, 2.45) is 0 Å².